The molecule has 0 saturated carbocycles. The van der Waals surface area contributed by atoms with Crippen LogP contribution in [0.1, 0.15) is 0 Å². The van der Waals surface area contributed by atoms with Crippen LogP contribution in [0.15, 0.2) is 170 Å². The smallest absolute Gasteiger partial charge is 0.146 e. The number of hydrogen-bond acceptors (Lipinski definition) is 2. The van der Waals surface area contributed by atoms with Gasteiger partial charge in [0.2, 0.25) is 0 Å². The first-order valence-corrected chi connectivity index (χ1v) is 18.2. The molecule has 0 aliphatic carbocycles. The molecule has 8 aromatic carbocycles. The molecule has 13 aromatic rings. The molecule has 0 aliphatic heterocycles. The molecule has 5 aromatic heterocycles. The maximum Gasteiger partial charge on any atom is 0.146 e. The van der Waals surface area contributed by atoms with Crippen molar-refractivity contribution in [2.24, 2.45) is 0 Å². The molecule has 0 amide bonds. The summed E-state index contributed by atoms with van der Waals surface area (Å²) in [5, 5.41) is 15.0. The molecule has 4 heteroatoms. The third kappa shape index (κ3) is 3.34. The molecule has 0 N–H and O–H groups in total. The lowest BCUT2D eigenvalue weighted by molar-refractivity contribution is 1.24. The van der Waals surface area contributed by atoms with Gasteiger partial charge in [0.05, 0.1) is 39.5 Å². The lowest BCUT2D eigenvalue weighted by atomic mass is 9.98. The first-order valence-electron chi connectivity index (χ1n) is 18.2. The van der Waals surface area contributed by atoms with E-state index in [0.29, 0.717) is 0 Å². The van der Waals surface area contributed by atoms with Gasteiger partial charge in [-0.2, -0.15) is 0 Å². The monoisotopic (exact) mass is 672 g/mol. The van der Waals surface area contributed by atoms with Gasteiger partial charge >= 0.3 is 0 Å². The maximum atomic E-state index is 5.51. The van der Waals surface area contributed by atoms with Crippen LogP contribution >= 0.6 is 0 Å². The highest BCUT2D eigenvalue weighted by Gasteiger charge is 2.28. The van der Waals surface area contributed by atoms with Crippen molar-refractivity contribution in [2.45, 2.75) is 0 Å². The summed E-state index contributed by atoms with van der Waals surface area (Å²) in [6.07, 6.45) is 2.13. The fourth-order valence-electron chi connectivity index (χ4n) is 9.71. The second-order valence-corrected chi connectivity index (χ2v) is 14.3. The molecule has 244 valence electrons. The third-order valence-electron chi connectivity index (χ3n) is 11.7. The minimum absolute atomic E-state index is 0.987. The topological polar surface area (TPSA) is 24.9 Å². The van der Waals surface area contributed by atoms with E-state index in [-0.39, 0.29) is 0 Å². The lowest BCUT2D eigenvalue weighted by Gasteiger charge is -2.26. The highest BCUT2D eigenvalue weighted by molar-refractivity contribution is 6.39. The largest absolute Gasteiger partial charge is 0.308 e. The Bertz CT molecular complexity index is 3580. The lowest BCUT2D eigenvalue weighted by Crippen LogP contribution is -2.10. The van der Waals surface area contributed by atoms with Crippen molar-refractivity contribution in [3.05, 3.63) is 170 Å². The minimum atomic E-state index is 0.987. The van der Waals surface area contributed by atoms with E-state index in [1.54, 1.807) is 0 Å². The van der Waals surface area contributed by atoms with Crippen molar-refractivity contribution in [1.82, 2.24) is 13.8 Å². The fourth-order valence-corrected chi connectivity index (χ4v) is 9.71. The first-order chi connectivity index (χ1) is 26.3. The van der Waals surface area contributed by atoms with Gasteiger partial charge in [-0.15, -0.1) is 0 Å². The SMILES string of the molecule is c1ccc(N(c2ccccc2)c2cccc3c4cc5ccccc5c5c6c7c8cccc9c%10ccc%11ccccc%11c%10n(c7cnc6n(c23)c45)c98)cc1. The number of fused-ring (bicyclic) bond motifs is 17. The summed E-state index contributed by atoms with van der Waals surface area (Å²) in [6.45, 7) is 0. The van der Waals surface area contributed by atoms with Gasteiger partial charge in [0.1, 0.15) is 5.65 Å². The van der Waals surface area contributed by atoms with Crippen LogP contribution in [0, 0.1) is 0 Å². The molecule has 0 radical (unpaired) electrons. The molecule has 0 saturated heterocycles. The van der Waals surface area contributed by atoms with Crippen LogP contribution in [0.5, 0.6) is 0 Å². The second kappa shape index (κ2) is 9.78. The Morgan fingerprint density at radius 1 is 0.377 bits per heavy atom. The zero-order chi connectivity index (χ0) is 34.4. The van der Waals surface area contributed by atoms with E-state index in [9.17, 15) is 0 Å². The Morgan fingerprint density at radius 3 is 1.77 bits per heavy atom. The Morgan fingerprint density at radius 2 is 0.981 bits per heavy atom. The quantitative estimate of drug-likeness (QED) is 0.187. The molecule has 13 rings (SSSR count). The Hall–Kier alpha value is -7.17. The third-order valence-corrected chi connectivity index (χ3v) is 11.7. The van der Waals surface area contributed by atoms with E-state index < -0.39 is 0 Å². The van der Waals surface area contributed by atoms with Gasteiger partial charge in [0.25, 0.3) is 0 Å². The molecule has 0 unspecified atom stereocenters. The normalized spacial score (nSPS) is 12.5. The predicted octanol–water partition coefficient (Wildman–Crippen LogP) is 13.2. The number of benzene rings is 8. The number of para-hydroxylation sites is 4. The summed E-state index contributed by atoms with van der Waals surface area (Å²) in [5.41, 5.74) is 10.4. The molecule has 0 aliphatic rings. The van der Waals surface area contributed by atoms with E-state index in [0.717, 1.165) is 33.7 Å². The van der Waals surface area contributed by atoms with E-state index in [1.807, 2.05) is 0 Å². The van der Waals surface area contributed by atoms with E-state index in [4.69, 9.17) is 4.98 Å². The summed E-state index contributed by atoms with van der Waals surface area (Å²) in [6, 6.07) is 59.6. The first kappa shape index (κ1) is 27.5. The van der Waals surface area contributed by atoms with Crippen LogP contribution in [0.3, 0.4) is 0 Å². The number of anilines is 3. The molecule has 5 heterocycles. The minimum Gasteiger partial charge on any atom is -0.308 e. The number of aromatic nitrogens is 3. The summed E-state index contributed by atoms with van der Waals surface area (Å²) in [7, 11) is 0. The van der Waals surface area contributed by atoms with Crippen molar-refractivity contribution in [2.75, 3.05) is 4.90 Å². The van der Waals surface area contributed by atoms with Crippen molar-refractivity contribution in [1.29, 1.82) is 0 Å². The average Bonchev–Trinajstić information content (AvgIpc) is 3.95. The number of pyridine rings is 1. The Labute approximate surface area is 302 Å². The number of nitrogens with zero attached hydrogens (tertiary/aromatic N) is 4. The summed E-state index contributed by atoms with van der Waals surface area (Å²) in [4.78, 5) is 7.89. The van der Waals surface area contributed by atoms with Gasteiger partial charge in [-0.05, 0) is 52.6 Å². The van der Waals surface area contributed by atoms with Gasteiger partial charge in [-0.1, -0.05) is 127 Å². The molecular weight excluding hydrogens is 645 g/mol. The highest BCUT2D eigenvalue weighted by atomic mass is 15.2. The average molecular weight is 673 g/mol. The molecule has 0 bridgehead atoms. The fraction of sp³-hybridized carbons (Fsp3) is 0. The van der Waals surface area contributed by atoms with E-state index >= 15 is 0 Å². The standard InChI is InChI=1S/C49H28N4/c1-3-15-31(16-4-1)51(32-17-5-2-6-18-32)40-24-12-22-36-39-27-30-14-8-9-19-33(30)43-44-42-38-23-11-21-35-37-26-25-29-13-7-10-20-34(29)45(37)52(46(35)38)41(42)28-50-49(44)53(47(36)40)48(39)43/h1-28H. The molecule has 4 nitrogen and oxygen atoms in total. The summed E-state index contributed by atoms with van der Waals surface area (Å²) >= 11 is 0. The van der Waals surface area contributed by atoms with Crippen molar-refractivity contribution >= 4 is 115 Å². The van der Waals surface area contributed by atoms with E-state index in [2.05, 4.69) is 184 Å². The Kier molecular flexibility index (Phi) is 5.08. The molecule has 0 atom stereocenters. The highest BCUT2D eigenvalue weighted by Crippen LogP contribution is 2.50. The molecule has 53 heavy (non-hydrogen) atoms. The van der Waals surface area contributed by atoms with Gasteiger partial charge < -0.3 is 9.30 Å². The van der Waals surface area contributed by atoms with Gasteiger partial charge in [0.15, 0.2) is 0 Å². The van der Waals surface area contributed by atoms with Gasteiger partial charge in [-0.3, -0.25) is 4.40 Å². The van der Waals surface area contributed by atoms with Crippen LogP contribution in [0.25, 0.3) is 97.9 Å². The van der Waals surface area contributed by atoms with Crippen molar-refractivity contribution < 1.29 is 0 Å². The second-order valence-electron chi connectivity index (χ2n) is 14.3. The van der Waals surface area contributed by atoms with Crippen molar-refractivity contribution in [3.8, 4) is 0 Å². The molecule has 0 spiro atoms. The van der Waals surface area contributed by atoms with Gasteiger partial charge in [-0.25, -0.2) is 4.98 Å². The summed E-state index contributed by atoms with van der Waals surface area (Å²) < 4.78 is 4.97. The van der Waals surface area contributed by atoms with E-state index in [1.165, 1.54) is 81.2 Å². The van der Waals surface area contributed by atoms with Crippen LogP contribution in [-0.2, 0) is 0 Å². The van der Waals surface area contributed by atoms with Gasteiger partial charge in [0, 0.05) is 59.9 Å². The molecular formula is C49H28N4. The Balaban J connectivity index is 1.28. The van der Waals surface area contributed by atoms with Crippen LogP contribution in [0.4, 0.5) is 17.1 Å². The van der Waals surface area contributed by atoms with Crippen LogP contribution in [-0.4, -0.2) is 13.8 Å². The summed E-state index contributed by atoms with van der Waals surface area (Å²) in [5.74, 6) is 0. The van der Waals surface area contributed by atoms with Crippen molar-refractivity contribution in [3.63, 3.8) is 0 Å². The zero-order valence-electron chi connectivity index (χ0n) is 28.5. The zero-order valence-corrected chi connectivity index (χ0v) is 28.5. The van der Waals surface area contributed by atoms with Crippen LogP contribution < -0.4 is 4.90 Å². The number of hydrogen-bond donors (Lipinski definition) is 0. The maximum absolute atomic E-state index is 5.51. The molecule has 0 fully saturated rings. The van der Waals surface area contributed by atoms with Crippen LogP contribution in [0.2, 0.25) is 0 Å². The number of rotatable bonds is 3. The predicted molar refractivity (Wildman–Crippen MR) is 223 cm³/mol.